The highest BCUT2D eigenvalue weighted by Gasteiger charge is 2.36. The van der Waals surface area contributed by atoms with Crippen LogP contribution >= 0.6 is 0 Å². The number of ether oxygens (including phenoxy) is 2. The number of rotatable bonds is 6. The Morgan fingerprint density at radius 1 is 0.762 bits per heavy atom. The van der Waals surface area contributed by atoms with Crippen molar-refractivity contribution in [2.24, 2.45) is 11.5 Å². The zero-order valence-corrected chi connectivity index (χ0v) is 23.6. The van der Waals surface area contributed by atoms with Gasteiger partial charge in [-0.2, -0.15) is 0 Å². The van der Waals surface area contributed by atoms with Crippen LogP contribution in [0.15, 0.2) is 36.4 Å². The van der Waals surface area contributed by atoms with Crippen LogP contribution in [-0.4, -0.2) is 51.5 Å². The van der Waals surface area contributed by atoms with Crippen LogP contribution in [0.4, 0.5) is 11.4 Å². The van der Waals surface area contributed by atoms with Crippen molar-refractivity contribution in [2.75, 3.05) is 9.44 Å². The van der Waals surface area contributed by atoms with E-state index in [0.29, 0.717) is 35.6 Å². The van der Waals surface area contributed by atoms with Gasteiger partial charge < -0.3 is 30.9 Å². The van der Waals surface area contributed by atoms with E-state index in [1.807, 2.05) is 0 Å². The minimum Gasteiger partial charge on any atom is -0.447 e. The molecule has 0 radical (unpaired) electrons. The van der Waals surface area contributed by atoms with E-state index in [-0.39, 0.29) is 24.9 Å². The van der Waals surface area contributed by atoms with Gasteiger partial charge in [0.25, 0.3) is 22.5 Å². The summed E-state index contributed by atoms with van der Waals surface area (Å²) in [5.41, 5.74) is 17.6. The van der Waals surface area contributed by atoms with Crippen LogP contribution in [0.2, 0.25) is 0 Å². The average Bonchev–Trinajstić information content (AvgIpc) is 3.46. The van der Waals surface area contributed by atoms with Crippen LogP contribution in [0.1, 0.15) is 47.6 Å². The molecule has 6 unspecified atom stereocenters. The smallest absolute Gasteiger partial charge is 0.418 e. The second-order valence-corrected chi connectivity index (χ2v) is 11.9. The van der Waals surface area contributed by atoms with Crippen molar-refractivity contribution in [3.63, 3.8) is 0 Å². The molecule has 0 amide bonds. The second kappa shape index (κ2) is 11.1. The first-order chi connectivity index (χ1) is 20.0. The van der Waals surface area contributed by atoms with Gasteiger partial charge in [0.05, 0.1) is 11.4 Å². The minimum atomic E-state index is -2.24. The third-order valence-corrected chi connectivity index (χ3v) is 8.38. The number of nitrogens with one attached hydrogen (secondary N) is 4. The molecule has 42 heavy (non-hydrogen) atoms. The van der Waals surface area contributed by atoms with Crippen molar-refractivity contribution in [2.45, 2.75) is 50.0 Å². The molecule has 6 rings (SSSR count). The maximum Gasteiger partial charge on any atom is 0.418 e. The van der Waals surface area contributed by atoms with E-state index in [2.05, 4.69) is 19.4 Å². The Balaban J connectivity index is 1.22. The number of aromatic amines is 2. The molecule has 2 aliphatic carbocycles. The van der Waals surface area contributed by atoms with Gasteiger partial charge in [0.1, 0.15) is 12.2 Å². The Kier molecular flexibility index (Phi) is 7.50. The molecule has 2 aliphatic rings. The lowest BCUT2D eigenvalue weighted by Crippen LogP contribution is -2.35. The van der Waals surface area contributed by atoms with Crippen LogP contribution in [0.3, 0.4) is 0 Å². The maximum absolute atomic E-state index is 13.0. The Morgan fingerprint density at radius 2 is 1.17 bits per heavy atom. The summed E-state index contributed by atoms with van der Waals surface area (Å²) in [5.74, 6) is -2.35. The van der Waals surface area contributed by atoms with E-state index < -0.39 is 46.7 Å². The molecule has 0 spiro atoms. The topological polar surface area (TPSA) is 235 Å². The molecule has 0 fully saturated rings. The van der Waals surface area contributed by atoms with Gasteiger partial charge in [-0.05, 0) is 60.4 Å². The molecule has 4 aromatic rings. The summed E-state index contributed by atoms with van der Waals surface area (Å²) < 4.78 is 56.8. The van der Waals surface area contributed by atoms with E-state index in [1.165, 1.54) is 0 Å². The summed E-state index contributed by atoms with van der Waals surface area (Å²) >= 11 is -4.49. The molecule has 2 aromatic carbocycles. The van der Waals surface area contributed by atoms with E-state index >= 15 is 0 Å². The molecule has 14 nitrogen and oxygen atoms in total. The van der Waals surface area contributed by atoms with Crippen LogP contribution in [0, 0.1) is 0 Å². The molecule has 0 saturated heterocycles. The molecular formula is C26H28N6O8S2. The predicted molar refractivity (Wildman–Crippen MR) is 156 cm³/mol. The van der Waals surface area contributed by atoms with Gasteiger partial charge in [-0.25, -0.2) is 18.0 Å². The minimum absolute atomic E-state index is 0.278. The maximum atomic E-state index is 13.0. The normalized spacial score (nSPS) is 23.0. The fourth-order valence-corrected chi connectivity index (χ4v) is 6.56. The first-order valence-corrected chi connectivity index (χ1v) is 15.2. The monoisotopic (exact) mass is 616 g/mol. The fraction of sp³-hybridized carbons (Fsp3) is 0.308. The largest absolute Gasteiger partial charge is 0.447 e. The molecule has 0 saturated carbocycles. The van der Waals surface area contributed by atoms with Crippen molar-refractivity contribution in [3.05, 3.63) is 58.9 Å². The number of carbonyl (C=O) groups excluding carboxylic acids is 2. The summed E-state index contributed by atoms with van der Waals surface area (Å²) in [6.07, 6.45) is -0.151. The van der Waals surface area contributed by atoms with E-state index in [4.69, 9.17) is 30.0 Å². The van der Waals surface area contributed by atoms with Gasteiger partial charge in [-0.1, -0.05) is 0 Å². The van der Waals surface area contributed by atoms with Crippen LogP contribution in [0.25, 0.3) is 21.8 Å². The third-order valence-electron chi connectivity index (χ3n) is 7.56. The zero-order chi connectivity index (χ0) is 29.7. The van der Waals surface area contributed by atoms with Gasteiger partial charge in [-0.3, -0.25) is 18.5 Å². The van der Waals surface area contributed by atoms with Crippen LogP contribution in [-0.2, 0) is 54.4 Å². The molecule has 16 heteroatoms. The predicted octanol–water partition coefficient (Wildman–Crippen LogP) is 2.16. The average molecular weight is 617 g/mol. The Hall–Kier alpha value is -3.80. The van der Waals surface area contributed by atoms with Crippen molar-refractivity contribution in [1.82, 2.24) is 9.97 Å². The highest BCUT2D eigenvalue weighted by Crippen LogP contribution is 2.39. The van der Waals surface area contributed by atoms with Gasteiger partial charge in [0, 0.05) is 58.1 Å². The van der Waals surface area contributed by atoms with Crippen molar-refractivity contribution >= 4 is 67.7 Å². The molecule has 0 aliphatic heterocycles. The quantitative estimate of drug-likeness (QED) is 0.0893. The van der Waals surface area contributed by atoms with E-state index in [9.17, 15) is 18.0 Å². The number of anilines is 2. The number of nitrogens with two attached hydrogens (primary N) is 2. The van der Waals surface area contributed by atoms with Gasteiger partial charge in [0.2, 0.25) is 0 Å². The Morgan fingerprint density at radius 3 is 1.55 bits per heavy atom. The van der Waals surface area contributed by atoms with Gasteiger partial charge in [0.15, 0.2) is 0 Å². The van der Waals surface area contributed by atoms with Crippen molar-refractivity contribution < 1.29 is 36.6 Å². The Bertz CT molecular complexity index is 1640. The van der Waals surface area contributed by atoms with E-state index in [0.717, 1.165) is 32.9 Å². The van der Waals surface area contributed by atoms with Crippen LogP contribution in [0.5, 0.6) is 0 Å². The lowest BCUT2D eigenvalue weighted by molar-refractivity contribution is -0.175. The van der Waals surface area contributed by atoms with Crippen LogP contribution < -0.4 is 20.9 Å². The molecule has 2 heterocycles. The highest BCUT2D eigenvalue weighted by atomic mass is 32.2. The summed E-state index contributed by atoms with van der Waals surface area (Å²) in [4.78, 5) is 32.4. The standard InChI is InChI=1S/C26H28N6O8S2/c27-11-5-17-15-9-13(31-41(35)36)1-3-19(15)29-23(17)21(7-11)39-25(33)26(34)40-22-8-12(28)6-18-16-10-14(32-42(37)38)2-4-20(16)30-24(18)22/h1-4,9-12,21-22,29-32H,5-8,27-28H2,(H,35,36)(H,37,38). The summed E-state index contributed by atoms with van der Waals surface area (Å²) in [5, 5.41) is 1.51. The number of benzene rings is 2. The SMILES string of the molecule is NC1Cc2c([nH]c3ccc(NS(=O)O)cc23)C(OC(=O)C(=O)OC2CC(N)Cc3c2[nH]c2ccc(NS(=O)O)cc32)C1. The number of fused-ring (bicyclic) bond motifs is 6. The Labute approximate surface area is 243 Å². The van der Waals surface area contributed by atoms with Crippen molar-refractivity contribution in [3.8, 4) is 0 Å². The second-order valence-electron chi connectivity index (χ2n) is 10.4. The lowest BCUT2D eigenvalue weighted by Gasteiger charge is -2.28. The lowest BCUT2D eigenvalue weighted by atomic mass is 9.89. The molecule has 10 N–H and O–H groups in total. The number of hydrogen-bond donors (Lipinski definition) is 8. The molecule has 6 atom stereocenters. The van der Waals surface area contributed by atoms with E-state index in [1.54, 1.807) is 36.4 Å². The fourth-order valence-electron chi connectivity index (χ4n) is 5.90. The molecular weight excluding hydrogens is 588 g/mol. The first kappa shape index (κ1) is 28.3. The summed E-state index contributed by atoms with van der Waals surface area (Å²) in [6.45, 7) is 0. The number of H-pyrrole nitrogens is 2. The first-order valence-electron chi connectivity index (χ1n) is 13.0. The zero-order valence-electron chi connectivity index (χ0n) is 21.9. The molecule has 222 valence electrons. The molecule has 0 bridgehead atoms. The van der Waals surface area contributed by atoms with Gasteiger partial charge in [-0.15, -0.1) is 0 Å². The van der Waals surface area contributed by atoms with Gasteiger partial charge >= 0.3 is 11.9 Å². The number of carbonyl (C=O) groups is 2. The summed E-state index contributed by atoms with van der Waals surface area (Å²) in [7, 11) is 0. The summed E-state index contributed by atoms with van der Waals surface area (Å²) in [6, 6.07) is 9.42. The van der Waals surface area contributed by atoms with Crippen molar-refractivity contribution in [1.29, 1.82) is 0 Å². The number of hydrogen-bond acceptors (Lipinski definition) is 8. The molecule has 2 aromatic heterocycles. The third kappa shape index (κ3) is 5.51. The highest BCUT2D eigenvalue weighted by molar-refractivity contribution is 7.80. The number of esters is 2. The number of aromatic nitrogens is 2.